The maximum atomic E-state index is 11.6. The molecular weight excluding hydrogens is 378 g/mol. The summed E-state index contributed by atoms with van der Waals surface area (Å²) in [4.78, 5) is 7.63. The van der Waals surface area contributed by atoms with E-state index in [4.69, 9.17) is 0 Å². The van der Waals surface area contributed by atoms with Crippen molar-refractivity contribution in [3.63, 3.8) is 0 Å². The van der Waals surface area contributed by atoms with E-state index in [-0.39, 0.29) is 11.5 Å². The third-order valence-corrected chi connectivity index (χ3v) is 7.33. The summed E-state index contributed by atoms with van der Waals surface area (Å²) >= 11 is 1.55. The molecule has 2 heterocycles. The third-order valence-electron chi connectivity index (χ3n) is 4.65. The molecule has 0 amide bonds. The van der Waals surface area contributed by atoms with Crippen LogP contribution in [0.1, 0.15) is 5.56 Å². The lowest BCUT2D eigenvalue weighted by molar-refractivity contribution is 0.587. The van der Waals surface area contributed by atoms with Gasteiger partial charge in [-0.15, -0.1) is 11.3 Å². The molecule has 27 heavy (non-hydrogen) atoms. The van der Waals surface area contributed by atoms with Crippen LogP contribution < -0.4 is 4.90 Å². The molecule has 0 saturated carbocycles. The van der Waals surface area contributed by atoms with Crippen LogP contribution in [0.2, 0.25) is 0 Å². The van der Waals surface area contributed by atoms with Crippen LogP contribution in [0.15, 0.2) is 54.7 Å². The van der Waals surface area contributed by atoms with Gasteiger partial charge in [-0.2, -0.15) is 5.26 Å². The van der Waals surface area contributed by atoms with Gasteiger partial charge in [0, 0.05) is 30.5 Å². The summed E-state index contributed by atoms with van der Waals surface area (Å²) in [6.45, 7) is 1.08. The molecule has 2 aromatic carbocycles. The van der Waals surface area contributed by atoms with Crippen molar-refractivity contribution in [1.82, 2.24) is 4.98 Å². The van der Waals surface area contributed by atoms with Gasteiger partial charge in [0.15, 0.2) is 9.84 Å². The van der Waals surface area contributed by atoms with Gasteiger partial charge in [-0.3, -0.25) is 0 Å². The zero-order valence-corrected chi connectivity index (χ0v) is 16.1. The van der Waals surface area contributed by atoms with E-state index in [0.717, 1.165) is 26.7 Å². The van der Waals surface area contributed by atoms with Crippen LogP contribution >= 0.6 is 11.3 Å². The number of nitriles is 1. The van der Waals surface area contributed by atoms with Gasteiger partial charge >= 0.3 is 0 Å². The lowest BCUT2D eigenvalue weighted by Gasteiger charge is -2.28. The van der Waals surface area contributed by atoms with Crippen LogP contribution in [-0.4, -0.2) is 38.0 Å². The van der Waals surface area contributed by atoms with Gasteiger partial charge in [0.1, 0.15) is 5.01 Å². The summed E-state index contributed by atoms with van der Waals surface area (Å²) in [6.07, 6.45) is 1.83. The molecule has 0 aliphatic carbocycles. The first-order valence-corrected chi connectivity index (χ1v) is 11.2. The maximum absolute atomic E-state index is 11.6. The van der Waals surface area contributed by atoms with E-state index in [1.165, 1.54) is 0 Å². The van der Waals surface area contributed by atoms with Crippen LogP contribution in [0.25, 0.3) is 21.0 Å². The first kappa shape index (κ1) is 17.7. The maximum Gasteiger partial charge on any atom is 0.153 e. The standard InChI is InChI=1S/C20H17N3O2S2/c21-13-16-3-1-2-4-18(16)20-22-14-19(26-20)15-5-7-17(8-6-15)23-9-11-27(24,25)12-10-23/h1-8,14H,9-12H2. The fourth-order valence-corrected chi connectivity index (χ4v) is 5.27. The molecule has 0 radical (unpaired) electrons. The molecule has 1 aliphatic heterocycles. The fraction of sp³-hybridized carbons (Fsp3) is 0.200. The molecule has 5 nitrogen and oxygen atoms in total. The monoisotopic (exact) mass is 395 g/mol. The average molecular weight is 396 g/mol. The molecule has 0 N–H and O–H groups in total. The first-order chi connectivity index (χ1) is 13.1. The largest absolute Gasteiger partial charge is 0.369 e. The Morgan fingerprint density at radius 2 is 1.74 bits per heavy atom. The van der Waals surface area contributed by atoms with Gasteiger partial charge in [0.2, 0.25) is 0 Å². The Balaban J connectivity index is 1.55. The minimum Gasteiger partial charge on any atom is -0.369 e. The second kappa shape index (κ2) is 7.14. The van der Waals surface area contributed by atoms with Gasteiger partial charge in [-0.05, 0) is 23.8 Å². The summed E-state index contributed by atoms with van der Waals surface area (Å²) < 4.78 is 23.2. The highest BCUT2D eigenvalue weighted by Crippen LogP contribution is 2.34. The summed E-state index contributed by atoms with van der Waals surface area (Å²) in [5.74, 6) is 0.427. The van der Waals surface area contributed by atoms with E-state index in [2.05, 4.69) is 16.0 Å². The van der Waals surface area contributed by atoms with E-state index < -0.39 is 9.84 Å². The van der Waals surface area contributed by atoms with Crippen molar-refractivity contribution < 1.29 is 8.42 Å². The molecule has 0 unspecified atom stereocenters. The number of aromatic nitrogens is 1. The van der Waals surface area contributed by atoms with E-state index in [1.54, 1.807) is 17.4 Å². The molecule has 0 atom stereocenters. The smallest absolute Gasteiger partial charge is 0.153 e. The van der Waals surface area contributed by atoms with E-state index in [9.17, 15) is 13.7 Å². The Hall–Kier alpha value is -2.69. The Labute approximate surface area is 162 Å². The zero-order valence-electron chi connectivity index (χ0n) is 14.5. The average Bonchev–Trinajstić information content (AvgIpc) is 3.18. The first-order valence-electron chi connectivity index (χ1n) is 8.57. The Bertz CT molecular complexity index is 1100. The van der Waals surface area contributed by atoms with Crippen LogP contribution in [0, 0.1) is 11.3 Å². The lowest BCUT2D eigenvalue weighted by Crippen LogP contribution is -2.40. The SMILES string of the molecule is N#Cc1ccccc1-c1ncc(-c2ccc(N3CCS(=O)(=O)CC3)cc2)s1. The minimum absolute atomic E-state index is 0.214. The van der Waals surface area contributed by atoms with Gasteiger partial charge in [0.05, 0.1) is 28.0 Å². The highest BCUT2D eigenvalue weighted by molar-refractivity contribution is 7.91. The number of anilines is 1. The molecule has 136 valence electrons. The summed E-state index contributed by atoms with van der Waals surface area (Å²) in [5.41, 5.74) is 3.56. The second-order valence-electron chi connectivity index (χ2n) is 6.37. The van der Waals surface area contributed by atoms with E-state index in [1.807, 2.05) is 48.7 Å². The number of thiazole rings is 1. The molecule has 3 aromatic rings. The zero-order chi connectivity index (χ0) is 18.9. The van der Waals surface area contributed by atoms with Crippen molar-refractivity contribution in [3.05, 3.63) is 60.3 Å². The molecule has 1 aromatic heterocycles. The second-order valence-corrected chi connectivity index (χ2v) is 9.71. The number of rotatable bonds is 3. The van der Waals surface area contributed by atoms with Crippen molar-refractivity contribution in [2.24, 2.45) is 0 Å². The predicted molar refractivity (Wildman–Crippen MR) is 109 cm³/mol. The lowest BCUT2D eigenvalue weighted by atomic mass is 10.1. The molecule has 1 fully saturated rings. The van der Waals surface area contributed by atoms with Crippen molar-refractivity contribution in [2.45, 2.75) is 0 Å². The number of hydrogen-bond donors (Lipinski definition) is 0. The number of hydrogen-bond acceptors (Lipinski definition) is 6. The van der Waals surface area contributed by atoms with Gasteiger partial charge in [-0.1, -0.05) is 30.3 Å². The molecular formula is C20H17N3O2S2. The molecule has 7 heteroatoms. The van der Waals surface area contributed by atoms with Crippen molar-refractivity contribution in [2.75, 3.05) is 29.5 Å². The molecule has 0 spiro atoms. The van der Waals surface area contributed by atoms with Crippen LogP contribution in [0.5, 0.6) is 0 Å². The van der Waals surface area contributed by atoms with Crippen LogP contribution in [0.3, 0.4) is 0 Å². The van der Waals surface area contributed by atoms with Gasteiger partial charge < -0.3 is 4.90 Å². The summed E-state index contributed by atoms with van der Waals surface area (Å²) in [5, 5.41) is 10.1. The molecule has 1 saturated heterocycles. The number of benzene rings is 2. The molecule has 1 aliphatic rings. The number of nitrogens with zero attached hydrogens (tertiary/aromatic N) is 3. The number of sulfone groups is 1. The minimum atomic E-state index is -2.88. The van der Waals surface area contributed by atoms with Crippen molar-refractivity contribution in [3.8, 4) is 27.1 Å². The summed E-state index contributed by atoms with van der Waals surface area (Å²) in [6, 6.07) is 17.8. The third kappa shape index (κ3) is 3.72. The summed E-state index contributed by atoms with van der Waals surface area (Å²) in [7, 11) is -2.88. The van der Waals surface area contributed by atoms with Crippen LogP contribution in [-0.2, 0) is 9.84 Å². The predicted octanol–water partition coefficient (Wildman–Crippen LogP) is 3.58. The van der Waals surface area contributed by atoms with Crippen molar-refractivity contribution in [1.29, 1.82) is 5.26 Å². The molecule has 4 rings (SSSR count). The van der Waals surface area contributed by atoms with Crippen molar-refractivity contribution >= 4 is 26.9 Å². The molecule has 0 bridgehead atoms. The highest BCUT2D eigenvalue weighted by atomic mass is 32.2. The normalized spacial score (nSPS) is 16.0. The Morgan fingerprint density at radius 3 is 2.44 bits per heavy atom. The Kier molecular flexibility index (Phi) is 4.68. The fourth-order valence-electron chi connectivity index (χ4n) is 3.11. The highest BCUT2D eigenvalue weighted by Gasteiger charge is 2.21. The van der Waals surface area contributed by atoms with E-state index in [0.29, 0.717) is 18.7 Å². The quantitative estimate of drug-likeness (QED) is 0.678. The van der Waals surface area contributed by atoms with Gasteiger partial charge in [0.25, 0.3) is 0 Å². The van der Waals surface area contributed by atoms with Gasteiger partial charge in [-0.25, -0.2) is 13.4 Å². The van der Waals surface area contributed by atoms with E-state index >= 15 is 0 Å². The van der Waals surface area contributed by atoms with Crippen LogP contribution in [0.4, 0.5) is 5.69 Å². The Morgan fingerprint density at radius 1 is 1.04 bits per heavy atom. The topological polar surface area (TPSA) is 74.1 Å².